The minimum Gasteiger partial charge on any atom is -0.376 e. The van der Waals surface area contributed by atoms with Gasteiger partial charge in [0.1, 0.15) is 10.1 Å². The van der Waals surface area contributed by atoms with Gasteiger partial charge in [-0.1, -0.05) is 42.2 Å². The number of para-hydroxylation sites is 1. The number of aromatic nitrogens is 1. The molecule has 4 heterocycles. The fraction of sp³-hybridized carbons (Fsp3) is 0.435. The van der Waals surface area contributed by atoms with Crippen LogP contribution in [0.25, 0.3) is 17.0 Å². The number of thiocarbonyl (C=S) groups is 1. The normalized spacial score (nSPS) is 23.9. The molecule has 0 bridgehead atoms. The van der Waals surface area contributed by atoms with Crippen LogP contribution >= 0.6 is 24.0 Å². The number of thioether (sulfide) groups is 1. The monoisotopic (exact) mass is 439 g/mol. The van der Waals surface area contributed by atoms with Crippen LogP contribution in [0.3, 0.4) is 0 Å². The minimum absolute atomic E-state index is 0.0155. The van der Waals surface area contributed by atoms with Gasteiger partial charge in [0.25, 0.3) is 5.91 Å². The Hall–Kier alpha value is -1.96. The van der Waals surface area contributed by atoms with Crippen molar-refractivity contribution in [3.8, 4) is 0 Å². The van der Waals surface area contributed by atoms with Gasteiger partial charge in [-0.25, -0.2) is 4.98 Å². The Bertz CT molecular complexity index is 1010. The molecule has 1 aromatic carbocycles. The topological polar surface area (TPSA) is 45.7 Å². The molecule has 156 valence electrons. The van der Waals surface area contributed by atoms with Crippen molar-refractivity contribution in [2.45, 2.75) is 38.2 Å². The highest BCUT2D eigenvalue weighted by atomic mass is 32.2. The summed E-state index contributed by atoms with van der Waals surface area (Å²) in [6.45, 7) is 3.34. The second-order valence-corrected chi connectivity index (χ2v) is 9.74. The van der Waals surface area contributed by atoms with Gasteiger partial charge in [0.05, 0.1) is 23.1 Å². The number of amides is 1. The summed E-state index contributed by atoms with van der Waals surface area (Å²) in [6, 6.07) is 10.3. The molecule has 30 heavy (non-hydrogen) atoms. The molecule has 1 aromatic heterocycles. The molecule has 3 aliphatic rings. The number of carbonyl (C=O) groups excluding carboxylic acids is 1. The SMILES string of the molecule is O=C1/C(=C/c2cc3ccccc3nc2N2CCCCC2)SC(=S)N1CC1CCCO1. The van der Waals surface area contributed by atoms with E-state index in [1.807, 2.05) is 24.3 Å². The first-order chi connectivity index (χ1) is 14.7. The highest BCUT2D eigenvalue weighted by Gasteiger charge is 2.35. The first-order valence-corrected chi connectivity index (χ1v) is 11.9. The lowest BCUT2D eigenvalue weighted by molar-refractivity contribution is -0.123. The lowest BCUT2D eigenvalue weighted by Gasteiger charge is -2.29. The predicted octanol–water partition coefficient (Wildman–Crippen LogP) is 4.61. The molecule has 5 nitrogen and oxygen atoms in total. The average molecular weight is 440 g/mol. The third-order valence-electron chi connectivity index (χ3n) is 5.96. The van der Waals surface area contributed by atoms with E-state index in [4.69, 9.17) is 21.9 Å². The molecule has 0 radical (unpaired) electrons. The molecule has 3 fully saturated rings. The van der Waals surface area contributed by atoms with Crippen molar-refractivity contribution in [1.82, 2.24) is 9.88 Å². The lowest BCUT2D eigenvalue weighted by atomic mass is 10.1. The molecule has 1 atom stereocenters. The molecule has 2 aromatic rings. The Morgan fingerprint density at radius 3 is 2.83 bits per heavy atom. The van der Waals surface area contributed by atoms with Crippen LogP contribution in [0.1, 0.15) is 37.7 Å². The van der Waals surface area contributed by atoms with Gasteiger partial charge in [-0.3, -0.25) is 9.69 Å². The number of ether oxygens (including phenoxy) is 1. The Labute approximate surface area is 186 Å². The molecular weight excluding hydrogens is 414 g/mol. The second-order valence-electron chi connectivity index (χ2n) is 8.07. The third kappa shape index (κ3) is 3.98. The van der Waals surface area contributed by atoms with E-state index in [2.05, 4.69) is 17.0 Å². The molecular formula is C23H25N3O2S2. The molecule has 0 spiro atoms. The summed E-state index contributed by atoms with van der Waals surface area (Å²) < 4.78 is 6.33. The summed E-state index contributed by atoms with van der Waals surface area (Å²) in [5, 5.41) is 1.08. The molecule has 1 unspecified atom stereocenters. The van der Waals surface area contributed by atoms with E-state index < -0.39 is 0 Å². The van der Waals surface area contributed by atoms with E-state index in [9.17, 15) is 4.79 Å². The van der Waals surface area contributed by atoms with Crippen LogP contribution in [0.5, 0.6) is 0 Å². The summed E-state index contributed by atoms with van der Waals surface area (Å²) >= 11 is 6.91. The van der Waals surface area contributed by atoms with Crippen molar-refractivity contribution in [2.75, 3.05) is 31.1 Å². The van der Waals surface area contributed by atoms with E-state index in [0.717, 1.165) is 54.8 Å². The lowest BCUT2D eigenvalue weighted by Crippen LogP contribution is -2.35. The molecule has 3 aliphatic heterocycles. The van der Waals surface area contributed by atoms with Crippen LogP contribution in [-0.4, -0.2) is 52.5 Å². The fourth-order valence-electron chi connectivity index (χ4n) is 4.38. The van der Waals surface area contributed by atoms with Gasteiger partial charge < -0.3 is 9.64 Å². The summed E-state index contributed by atoms with van der Waals surface area (Å²) in [7, 11) is 0. The number of hydrogen-bond acceptors (Lipinski definition) is 6. The van der Waals surface area contributed by atoms with Gasteiger partial charge in [0.15, 0.2) is 0 Å². The summed E-state index contributed by atoms with van der Waals surface area (Å²) in [4.78, 5) is 22.8. The number of carbonyl (C=O) groups is 1. The molecule has 1 amide bonds. The molecule has 3 saturated heterocycles. The first-order valence-electron chi connectivity index (χ1n) is 10.7. The summed E-state index contributed by atoms with van der Waals surface area (Å²) in [5.74, 6) is 0.955. The number of piperidine rings is 1. The number of benzene rings is 1. The van der Waals surface area contributed by atoms with Crippen molar-refractivity contribution < 1.29 is 9.53 Å². The fourth-order valence-corrected chi connectivity index (χ4v) is 5.64. The average Bonchev–Trinajstić information content (AvgIpc) is 3.38. The molecule has 0 N–H and O–H groups in total. The number of anilines is 1. The number of hydrogen-bond donors (Lipinski definition) is 0. The van der Waals surface area contributed by atoms with Crippen LogP contribution in [0.4, 0.5) is 5.82 Å². The Morgan fingerprint density at radius 1 is 1.20 bits per heavy atom. The predicted molar refractivity (Wildman–Crippen MR) is 127 cm³/mol. The Balaban J connectivity index is 1.49. The maximum Gasteiger partial charge on any atom is 0.266 e. The van der Waals surface area contributed by atoms with Crippen molar-refractivity contribution >= 4 is 57.0 Å². The van der Waals surface area contributed by atoms with E-state index in [1.54, 1.807) is 4.90 Å². The molecule has 0 aliphatic carbocycles. The zero-order valence-corrected chi connectivity index (χ0v) is 18.5. The van der Waals surface area contributed by atoms with Crippen molar-refractivity contribution in [2.24, 2.45) is 0 Å². The smallest absolute Gasteiger partial charge is 0.266 e. The van der Waals surface area contributed by atoms with E-state index in [0.29, 0.717) is 15.8 Å². The van der Waals surface area contributed by atoms with Gasteiger partial charge in [-0.15, -0.1) is 0 Å². The van der Waals surface area contributed by atoms with Gasteiger partial charge in [0.2, 0.25) is 0 Å². The highest BCUT2D eigenvalue weighted by molar-refractivity contribution is 8.26. The van der Waals surface area contributed by atoms with E-state index in [-0.39, 0.29) is 12.0 Å². The van der Waals surface area contributed by atoms with Crippen molar-refractivity contribution in [3.05, 3.63) is 40.8 Å². The minimum atomic E-state index is -0.0155. The van der Waals surface area contributed by atoms with Gasteiger partial charge >= 0.3 is 0 Å². The van der Waals surface area contributed by atoms with E-state index >= 15 is 0 Å². The number of pyridine rings is 1. The Kier molecular flexibility index (Phi) is 5.76. The molecule has 0 saturated carbocycles. The largest absolute Gasteiger partial charge is 0.376 e. The quantitative estimate of drug-likeness (QED) is 0.512. The number of fused-ring (bicyclic) bond motifs is 1. The van der Waals surface area contributed by atoms with Gasteiger partial charge in [-0.05, 0) is 50.3 Å². The maximum atomic E-state index is 13.1. The number of rotatable bonds is 4. The maximum absolute atomic E-state index is 13.1. The third-order valence-corrected chi connectivity index (χ3v) is 7.34. The number of nitrogens with zero attached hydrogens (tertiary/aromatic N) is 3. The zero-order valence-electron chi connectivity index (χ0n) is 16.9. The van der Waals surface area contributed by atoms with Crippen molar-refractivity contribution in [1.29, 1.82) is 0 Å². The van der Waals surface area contributed by atoms with Crippen LogP contribution in [0.15, 0.2) is 35.2 Å². The van der Waals surface area contributed by atoms with E-state index in [1.165, 1.54) is 31.0 Å². The summed E-state index contributed by atoms with van der Waals surface area (Å²) in [6.07, 6.45) is 7.74. The standard InChI is InChI=1S/C23H25N3O2S2/c27-22-20(30-23(29)26(22)15-18-8-6-12-28-18)14-17-13-16-7-2-3-9-19(16)24-21(17)25-10-4-1-5-11-25/h2-3,7,9,13-14,18H,1,4-6,8,10-12,15H2/b20-14-. The zero-order chi connectivity index (χ0) is 20.5. The molecule has 7 heteroatoms. The van der Waals surface area contributed by atoms with Gasteiger partial charge in [-0.2, -0.15) is 0 Å². The second kappa shape index (κ2) is 8.65. The van der Waals surface area contributed by atoms with Crippen LogP contribution in [-0.2, 0) is 9.53 Å². The Morgan fingerprint density at radius 2 is 2.03 bits per heavy atom. The van der Waals surface area contributed by atoms with Crippen LogP contribution < -0.4 is 4.90 Å². The molecule has 5 rings (SSSR count). The van der Waals surface area contributed by atoms with Crippen LogP contribution in [0.2, 0.25) is 0 Å². The van der Waals surface area contributed by atoms with Crippen LogP contribution in [0, 0.1) is 0 Å². The first kappa shape index (κ1) is 20.0. The van der Waals surface area contributed by atoms with Gasteiger partial charge in [0, 0.05) is 30.6 Å². The highest BCUT2D eigenvalue weighted by Crippen LogP contribution is 2.36. The van der Waals surface area contributed by atoms with Crippen molar-refractivity contribution in [3.63, 3.8) is 0 Å². The summed E-state index contributed by atoms with van der Waals surface area (Å²) in [5.41, 5.74) is 1.98.